The third kappa shape index (κ3) is 3.82. The van der Waals surface area contributed by atoms with E-state index in [1.807, 2.05) is 37.3 Å². The predicted molar refractivity (Wildman–Crippen MR) is 109 cm³/mol. The average molecular weight is 401 g/mol. The lowest BCUT2D eigenvalue weighted by Crippen LogP contribution is -1.98. The highest BCUT2D eigenvalue weighted by Gasteiger charge is 2.18. The summed E-state index contributed by atoms with van der Waals surface area (Å²) in [6, 6.07) is 9.31. The lowest BCUT2D eigenvalue weighted by atomic mass is 10.00. The van der Waals surface area contributed by atoms with Crippen LogP contribution in [0.2, 0.25) is 5.02 Å². The van der Waals surface area contributed by atoms with Gasteiger partial charge in [0.25, 0.3) is 0 Å². The molecule has 7 heteroatoms. The molecule has 0 saturated heterocycles. The van der Waals surface area contributed by atoms with Crippen molar-refractivity contribution in [2.24, 2.45) is 0 Å². The van der Waals surface area contributed by atoms with Gasteiger partial charge in [0.15, 0.2) is 11.5 Å². The number of hydrogen-bond donors (Lipinski definition) is 0. The SMILES string of the molecule is CCOc1ccc(-c2cncnc2-c2cc(OC)c(OC)c(OC)c2)cc1Cl. The molecule has 0 atom stereocenters. The Balaban J connectivity index is 2.15. The zero-order chi connectivity index (χ0) is 20.1. The summed E-state index contributed by atoms with van der Waals surface area (Å²) in [5.41, 5.74) is 3.21. The Morgan fingerprint density at radius 3 is 2.18 bits per heavy atom. The third-order valence-electron chi connectivity index (χ3n) is 4.19. The van der Waals surface area contributed by atoms with Gasteiger partial charge in [-0.25, -0.2) is 9.97 Å². The molecule has 1 aromatic heterocycles. The highest BCUT2D eigenvalue weighted by Crippen LogP contribution is 2.43. The summed E-state index contributed by atoms with van der Waals surface area (Å²) in [5, 5.41) is 0.527. The van der Waals surface area contributed by atoms with Crippen molar-refractivity contribution < 1.29 is 18.9 Å². The fourth-order valence-electron chi connectivity index (χ4n) is 2.93. The lowest BCUT2D eigenvalue weighted by Gasteiger charge is -2.15. The lowest BCUT2D eigenvalue weighted by molar-refractivity contribution is 0.324. The van der Waals surface area contributed by atoms with E-state index < -0.39 is 0 Å². The smallest absolute Gasteiger partial charge is 0.203 e. The number of ether oxygens (including phenoxy) is 4. The van der Waals surface area contributed by atoms with Crippen LogP contribution in [0.25, 0.3) is 22.4 Å². The molecule has 0 aliphatic carbocycles. The number of nitrogens with zero attached hydrogens (tertiary/aromatic N) is 2. The minimum atomic E-state index is 0.522. The van der Waals surface area contributed by atoms with E-state index in [4.69, 9.17) is 30.5 Å². The second-order valence-electron chi connectivity index (χ2n) is 5.78. The normalized spacial score (nSPS) is 10.5. The van der Waals surface area contributed by atoms with Crippen LogP contribution in [0, 0.1) is 0 Å². The van der Waals surface area contributed by atoms with Gasteiger partial charge in [-0.15, -0.1) is 0 Å². The molecule has 0 saturated carbocycles. The number of methoxy groups -OCH3 is 3. The summed E-state index contributed by atoms with van der Waals surface area (Å²) in [7, 11) is 4.72. The Hall–Kier alpha value is -2.99. The van der Waals surface area contributed by atoms with Gasteiger partial charge in [0.05, 0.1) is 38.7 Å². The van der Waals surface area contributed by atoms with E-state index in [9.17, 15) is 0 Å². The van der Waals surface area contributed by atoms with Gasteiger partial charge >= 0.3 is 0 Å². The molecular weight excluding hydrogens is 380 g/mol. The Morgan fingerprint density at radius 2 is 1.61 bits per heavy atom. The molecule has 3 rings (SSSR count). The van der Waals surface area contributed by atoms with Crippen LogP contribution in [0.3, 0.4) is 0 Å². The molecule has 3 aromatic rings. The minimum Gasteiger partial charge on any atom is -0.493 e. The van der Waals surface area contributed by atoms with Crippen molar-refractivity contribution in [3.8, 4) is 45.4 Å². The topological polar surface area (TPSA) is 62.7 Å². The van der Waals surface area contributed by atoms with Crippen LogP contribution in [0.5, 0.6) is 23.0 Å². The second kappa shape index (κ2) is 8.80. The molecule has 6 nitrogen and oxygen atoms in total. The van der Waals surface area contributed by atoms with E-state index >= 15 is 0 Å². The maximum atomic E-state index is 6.37. The summed E-state index contributed by atoms with van der Waals surface area (Å²) in [6.45, 7) is 2.46. The first-order chi connectivity index (χ1) is 13.6. The monoisotopic (exact) mass is 400 g/mol. The van der Waals surface area contributed by atoms with Gasteiger partial charge < -0.3 is 18.9 Å². The zero-order valence-electron chi connectivity index (χ0n) is 16.2. The van der Waals surface area contributed by atoms with Crippen molar-refractivity contribution in [2.45, 2.75) is 6.92 Å². The summed E-state index contributed by atoms with van der Waals surface area (Å²) in [4.78, 5) is 8.66. The highest BCUT2D eigenvalue weighted by molar-refractivity contribution is 6.32. The van der Waals surface area contributed by atoms with E-state index in [0.717, 1.165) is 22.4 Å². The van der Waals surface area contributed by atoms with Crippen LogP contribution >= 0.6 is 11.6 Å². The van der Waals surface area contributed by atoms with Gasteiger partial charge in [0, 0.05) is 17.3 Å². The van der Waals surface area contributed by atoms with Crippen molar-refractivity contribution in [1.29, 1.82) is 0 Å². The van der Waals surface area contributed by atoms with Crippen molar-refractivity contribution in [2.75, 3.05) is 27.9 Å². The first-order valence-corrected chi connectivity index (χ1v) is 9.03. The van der Waals surface area contributed by atoms with Crippen LogP contribution in [0.15, 0.2) is 42.9 Å². The van der Waals surface area contributed by atoms with Gasteiger partial charge in [0.2, 0.25) is 5.75 Å². The first kappa shape index (κ1) is 19.8. The fourth-order valence-corrected chi connectivity index (χ4v) is 3.16. The summed E-state index contributed by atoms with van der Waals surface area (Å²) in [5.74, 6) is 2.25. The number of benzene rings is 2. The van der Waals surface area contributed by atoms with E-state index in [0.29, 0.717) is 34.6 Å². The zero-order valence-corrected chi connectivity index (χ0v) is 16.9. The molecule has 146 valence electrons. The maximum absolute atomic E-state index is 6.37. The molecule has 28 heavy (non-hydrogen) atoms. The summed E-state index contributed by atoms with van der Waals surface area (Å²) >= 11 is 6.37. The predicted octanol–water partition coefficient (Wildman–Crippen LogP) is 4.89. The number of hydrogen-bond acceptors (Lipinski definition) is 6. The molecule has 0 N–H and O–H groups in total. The standard InChI is InChI=1S/C21H21ClN2O4/c1-5-28-17-7-6-13(8-16(17)22)15-11-23-12-24-20(15)14-9-18(25-2)21(27-4)19(10-14)26-3/h6-12H,5H2,1-4H3. The molecule has 0 unspecified atom stereocenters. The van der Waals surface area contributed by atoms with Crippen molar-refractivity contribution >= 4 is 11.6 Å². The molecule has 0 radical (unpaired) electrons. The number of aromatic nitrogens is 2. The van der Waals surface area contributed by atoms with E-state index in [-0.39, 0.29) is 0 Å². The molecule has 0 bridgehead atoms. The second-order valence-corrected chi connectivity index (χ2v) is 6.18. The van der Waals surface area contributed by atoms with Gasteiger partial charge in [-0.1, -0.05) is 17.7 Å². The minimum absolute atomic E-state index is 0.522. The van der Waals surface area contributed by atoms with Crippen LogP contribution in [-0.4, -0.2) is 37.9 Å². The van der Waals surface area contributed by atoms with Gasteiger partial charge in [-0.3, -0.25) is 0 Å². The van der Waals surface area contributed by atoms with Crippen molar-refractivity contribution in [3.63, 3.8) is 0 Å². The van der Waals surface area contributed by atoms with Crippen LogP contribution < -0.4 is 18.9 Å². The molecule has 2 aromatic carbocycles. The molecule has 1 heterocycles. The summed E-state index contributed by atoms with van der Waals surface area (Å²) in [6.07, 6.45) is 3.25. The number of halogens is 1. The number of rotatable bonds is 7. The molecule has 0 aliphatic heterocycles. The van der Waals surface area contributed by atoms with E-state index in [1.54, 1.807) is 27.5 Å². The molecular formula is C21H21ClN2O4. The van der Waals surface area contributed by atoms with Gasteiger partial charge in [0.1, 0.15) is 12.1 Å². The maximum Gasteiger partial charge on any atom is 0.203 e. The molecule has 0 fully saturated rings. The molecule has 0 spiro atoms. The van der Waals surface area contributed by atoms with Crippen molar-refractivity contribution in [3.05, 3.63) is 47.9 Å². The molecule has 0 amide bonds. The Morgan fingerprint density at radius 1 is 0.893 bits per heavy atom. The van der Waals surface area contributed by atoms with E-state index in [1.165, 1.54) is 6.33 Å². The average Bonchev–Trinajstić information content (AvgIpc) is 2.74. The molecule has 0 aliphatic rings. The largest absolute Gasteiger partial charge is 0.493 e. The highest BCUT2D eigenvalue weighted by atomic mass is 35.5. The quantitative estimate of drug-likeness (QED) is 0.562. The van der Waals surface area contributed by atoms with Crippen LogP contribution in [0.4, 0.5) is 0 Å². The Kier molecular flexibility index (Phi) is 6.21. The first-order valence-electron chi connectivity index (χ1n) is 8.66. The van der Waals surface area contributed by atoms with Crippen LogP contribution in [-0.2, 0) is 0 Å². The summed E-state index contributed by atoms with van der Waals surface area (Å²) < 4.78 is 21.8. The Bertz CT molecular complexity index is 953. The van der Waals surface area contributed by atoms with Crippen molar-refractivity contribution in [1.82, 2.24) is 9.97 Å². The van der Waals surface area contributed by atoms with E-state index in [2.05, 4.69) is 9.97 Å². The van der Waals surface area contributed by atoms with Crippen LogP contribution in [0.1, 0.15) is 6.92 Å². The van der Waals surface area contributed by atoms with Gasteiger partial charge in [-0.2, -0.15) is 0 Å². The Labute approximate surface area is 169 Å². The fraction of sp³-hybridized carbons (Fsp3) is 0.238. The van der Waals surface area contributed by atoms with Gasteiger partial charge in [-0.05, 0) is 36.8 Å². The third-order valence-corrected chi connectivity index (χ3v) is 4.49.